The predicted molar refractivity (Wildman–Crippen MR) is 149 cm³/mol. The van der Waals surface area contributed by atoms with Gasteiger partial charge in [-0.15, -0.1) is 0 Å². The number of fused-ring (bicyclic) bond motifs is 1. The summed E-state index contributed by atoms with van der Waals surface area (Å²) in [5.74, 6) is 0.0623. The minimum absolute atomic E-state index is 0.0346. The molecule has 0 spiro atoms. The van der Waals surface area contributed by atoms with Gasteiger partial charge in [0, 0.05) is 42.8 Å². The zero-order valence-electron chi connectivity index (χ0n) is 23.3. The van der Waals surface area contributed by atoms with Gasteiger partial charge in [0.25, 0.3) is 5.91 Å². The van der Waals surface area contributed by atoms with Gasteiger partial charge in [0.15, 0.2) is 17.0 Å². The second-order valence-corrected chi connectivity index (χ2v) is 10.2. The number of rotatable bonds is 6. The lowest BCUT2D eigenvalue weighted by Gasteiger charge is -2.43. The molecule has 1 N–H and O–H groups in total. The summed E-state index contributed by atoms with van der Waals surface area (Å²) in [6.45, 7) is 11.5. The zero-order chi connectivity index (χ0) is 30.2. The third-order valence-electron chi connectivity index (χ3n) is 7.70. The van der Waals surface area contributed by atoms with Crippen LogP contribution in [0.1, 0.15) is 40.1 Å². The van der Waals surface area contributed by atoms with E-state index in [1.807, 2.05) is 24.0 Å². The van der Waals surface area contributed by atoms with Crippen LogP contribution in [-0.4, -0.2) is 74.8 Å². The Balaban J connectivity index is 1.49. The highest BCUT2D eigenvalue weighted by Gasteiger charge is 2.40. The van der Waals surface area contributed by atoms with E-state index in [2.05, 4.69) is 14.9 Å². The van der Waals surface area contributed by atoms with Gasteiger partial charge in [-0.05, 0) is 43.7 Å². The van der Waals surface area contributed by atoms with Crippen molar-refractivity contribution in [3.05, 3.63) is 88.5 Å². The predicted octanol–water partition coefficient (Wildman–Crippen LogP) is 5.16. The highest BCUT2D eigenvalue weighted by atomic mass is 19.4. The van der Waals surface area contributed by atoms with Crippen LogP contribution in [-0.2, 0) is 6.18 Å². The highest BCUT2D eigenvalue weighted by molar-refractivity contribution is 6.00. The Bertz CT molecular complexity index is 1660. The molecule has 0 bridgehead atoms. The minimum Gasteiger partial charge on any atom is -0.497 e. The molecule has 1 fully saturated rings. The number of para-hydroxylation sites is 1. The van der Waals surface area contributed by atoms with E-state index in [-0.39, 0.29) is 41.7 Å². The summed E-state index contributed by atoms with van der Waals surface area (Å²) in [6.07, 6.45) is -3.61. The third kappa shape index (κ3) is 5.17. The van der Waals surface area contributed by atoms with Crippen molar-refractivity contribution >= 4 is 17.2 Å². The molecule has 0 radical (unpaired) electrons. The molecule has 2 aromatic heterocycles. The number of aliphatic hydroxyl groups is 1. The second-order valence-electron chi connectivity index (χ2n) is 10.2. The van der Waals surface area contributed by atoms with Gasteiger partial charge in [-0.1, -0.05) is 24.3 Å². The molecule has 1 saturated heterocycles. The summed E-state index contributed by atoms with van der Waals surface area (Å²) < 4.78 is 48.8. The van der Waals surface area contributed by atoms with Gasteiger partial charge < -0.3 is 14.7 Å². The van der Waals surface area contributed by atoms with E-state index in [9.17, 15) is 23.1 Å². The smallest absolute Gasteiger partial charge is 0.433 e. The summed E-state index contributed by atoms with van der Waals surface area (Å²) in [6, 6.07) is 12.8. The number of halogens is 3. The number of benzene rings is 2. The van der Waals surface area contributed by atoms with Gasteiger partial charge in [-0.2, -0.15) is 18.3 Å². The maximum atomic E-state index is 14.3. The van der Waals surface area contributed by atoms with Crippen LogP contribution in [0.3, 0.4) is 0 Å². The van der Waals surface area contributed by atoms with Crippen molar-refractivity contribution in [2.45, 2.75) is 32.1 Å². The van der Waals surface area contributed by atoms with E-state index >= 15 is 0 Å². The van der Waals surface area contributed by atoms with Crippen LogP contribution in [0.2, 0.25) is 0 Å². The number of hydrogen-bond acceptors (Lipinski definition) is 6. The third-order valence-corrected chi connectivity index (χ3v) is 7.70. The van der Waals surface area contributed by atoms with Crippen LogP contribution in [0.25, 0.3) is 21.7 Å². The molecule has 2 atom stereocenters. The van der Waals surface area contributed by atoms with E-state index in [0.717, 1.165) is 6.20 Å². The van der Waals surface area contributed by atoms with Crippen molar-refractivity contribution in [2.75, 3.05) is 33.4 Å². The SMILES string of the molecule is [C-]#[N+]c1ccccc1[C@H](CO)N1CCN(C(=O)c2cnn3c(C(F)(F)F)c(C)c(-c4ccc(OC)cc4)nc23)[C@H](C)C1. The first-order valence-electron chi connectivity index (χ1n) is 13.3. The summed E-state index contributed by atoms with van der Waals surface area (Å²) in [5.41, 5.74) is 0.356. The topological polar surface area (TPSA) is 87.6 Å². The summed E-state index contributed by atoms with van der Waals surface area (Å²) in [4.78, 5) is 25.5. The number of ether oxygens (including phenoxy) is 1. The molecule has 42 heavy (non-hydrogen) atoms. The number of carbonyl (C=O) groups excluding carboxylic acids is 1. The molecule has 12 heteroatoms. The first-order valence-corrected chi connectivity index (χ1v) is 13.3. The van der Waals surface area contributed by atoms with Gasteiger partial charge in [-0.25, -0.2) is 14.3 Å². The van der Waals surface area contributed by atoms with Crippen molar-refractivity contribution < 1.29 is 27.8 Å². The second kappa shape index (κ2) is 11.4. The van der Waals surface area contributed by atoms with E-state index in [1.165, 1.54) is 14.0 Å². The summed E-state index contributed by atoms with van der Waals surface area (Å²) in [7, 11) is 1.49. The molecule has 1 amide bonds. The van der Waals surface area contributed by atoms with E-state index in [0.29, 0.717) is 40.2 Å². The largest absolute Gasteiger partial charge is 0.497 e. The monoisotopic (exact) mass is 578 g/mol. The fourth-order valence-electron chi connectivity index (χ4n) is 5.59. The molecule has 1 aliphatic heterocycles. The molecule has 2 aromatic carbocycles. The molecule has 3 heterocycles. The van der Waals surface area contributed by atoms with Gasteiger partial charge in [0.1, 0.15) is 11.3 Å². The number of hydrogen-bond donors (Lipinski definition) is 1. The molecule has 0 saturated carbocycles. The van der Waals surface area contributed by atoms with Crippen molar-refractivity contribution in [3.8, 4) is 17.0 Å². The number of alkyl halides is 3. The van der Waals surface area contributed by atoms with Crippen molar-refractivity contribution in [1.82, 2.24) is 24.4 Å². The number of methoxy groups -OCH3 is 1. The molecule has 1 aliphatic rings. The Labute approximate surface area is 240 Å². The Hall–Kier alpha value is -4.47. The molecular formula is C30H29F3N6O3. The summed E-state index contributed by atoms with van der Waals surface area (Å²) in [5, 5.41) is 14.2. The van der Waals surface area contributed by atoms with E-state index in [1.54, 1.807) is 41.3 Å². The van der Waals surface area contributed by atoms with Crippen LogP contribution in [0.15, 0.2) is 54.7 Å². The van der Waals surface area contributed by atoms with Gasteiger partial charge in [0.05, 0.1) is 32.2 Å². The molecule has 0 aliphatic carbocycles. The molecule has 0 unspecified atom stereocenters. The Kier molecular flexibility index (Phi) is 7.90. The first-order chi connectivity index (χ1) is 20.1. The fraction of sp³-hybridized carbons (Fsp3) is 0.333. The molecule has 9 nitrogen and oxygen atoms in total. The highest BCUT2D eigenvalue weighted by Crippen LogP contribution is 2.37. The van der Waals surface area contributed by atoms with Crippen molar-refractivity contribution in [3.63, 3.8) is 0 Å². The maximum absolute atomic E-state index is 14.3. The lowest BCUT2D eigenvalue weighted by atomic mass is 10.0. The van der Waals surface area contributed by atoms with Crippen LogP contribution < -0.4 is 4.74 Å². The number of aromatic nitrogens is 3. The van der Waals surface area contributed by atoms with Crippen LogP contribution in [0.5, 0.6) is 5.75 Å². The molecular weight excluding hydrogens is 549 g/mol. The minimum atomic E-state index is -4.75. The van der Waals surface area contributed by atoms with Gasteiger partial charge >= 0.3 is 6.18 Å². The first kappa shape index (κ1) is 29.0. The molecule has 5 rings (SSSR count). The van der Waals surface area contributed by atoms with Crippen LogP contribution in [0.4, 0.5) is 18.9 Å². The van der Waals surface area contributed by atoms with Gasteiger partial charge in [0.2, 0.25) is 0 Å². The Morgan fingerprint density at radius 1 is 1.19 bits per heavy atom. The molecule has 218 valence electrons. The number of amides is 1. The van der Waals surface area contributed by atoms with E-state index in [4.69, 9.17) is 11.3 Å². The lowest BCUT2D eigenvalue weighted by Crippen LogP contribution is -2.55. The standard InChI is InChI=1S/C30H29F3N6O3/c1-18-16-37(25(17-40)22-7-5-6-8-24(22)34-3)13-14-38(18)29(41)23-15-35-39-27(30(31,32)33)19(2)26(36-28(23)39)20-9-11-21(42-4)12-10-20/h5-12,15,18,25,40H,13-14,16-17H2,1-2,4H3/t18-,25+/m1/s1. The average Bonchev–Trinajstić information content (AvgIpc) is 3.39. The van der Waals surface area contributed by atoms with Crippen LogP contribution >= 0.6 is 0 Å². The normalized spacial score (nSPS) is 16.8. The zero-order valence-corrected chi connectivity index (χ0v) is 23.3. The fourth-order valence-corrected chi connectivity index (χ4v) is 5.59. The maximum Gasteiger partial charge on any atom is 0.433 e. The van der Waals surface area contributed by atoms with E-state index < -0.39 is 23.8 Å². The summed E-state index contributed by atoms with van der Waals surface area (Å²) >= 11 is 0. The van der Waals surface area contributed by atoms with Gasteiger partial charge in [-0.3, -0.25) is 9.69 Å². The molecule has 4 aromatic rings. The van der Waals surface area contributed by atoms with Crippen LogP contribution in [0, 0.1) is 13.5 Å². The Morgan fingerprint density at radius 2 is 1.90 bits per heavy atom. The Morgan fingerprint density at radius 3 is 2.52 bits per heavy atom. The lowest BCUT2D eigenvalue weighted by molar-refractivity contribution is -0.143. The number of nitrogens with zero attached hydrogens (tertiary/aromatic N) is 6. The van der Waals surface area contributed by atoms with Crippen molar-refractivity contribution in [1.29, 1.82) is 0 Å². The average molecular weight is 579 g/mol. The number of carbonyl (C=O) groups is 1. The quantitative estimate of drug-likeness (QED) is 0.318. The number of aliphatic hydroxyl groups excluding tert-OH is 1. The van der Waals surface area contributed by atoms with Crippen molar-refractivity contribution in [2.24, 2.45) is 0 Å². The number of piperazine rings is 1.